The second-order valence-electron chi connectivity index (χ2n) is 4.34. The van der Waals surface area contributed by atoms with Gasteiger partial charge >= 0.3 is 0 Å². The summed E-state index contributed by atoms with van der Waals surface area (Å²) in [7, 11) is 3.26. The van der Waals surface area contributed by atoms with E-state index < -0.39 is 6.43 Å². The van der Waals surface area contributed by atoms with Crippen LogP contribution >= 0.6 is 20.5 Å². The number of ether oxygens (including phenoxy) is 1. The summed E-state index contributed by atoms with van der Waals surface area (Å²) in [5.74, 6) is 0. The third-order valence-electron chi connectivity index (χ3n) is 2.87. The number of rotatable bonds is 5. The van der Waals surface area contributed by atoms with E-state index >= 15 is 0 Å². The van der Waals surface area contributed by atoms with Gasteiger partial charge in [-0.2, -0.15) is 0 Å². The van der Waals surface area contributed by atoms with Crippen molar-refractivity contribution in [1.82, 2.24) is 5.32 Å². The monoisotopic (exact) mass is 307 g/mol. The van der Waals surface area contributed by atoms with E-state index in [4.69, 9.17) is 16.3 Å². The normalized spacial score (nSPS) is 24.2. The third kappa shape index (κ3) is 4.39. The topological polar surface area (TPSA) is 25.7 Å². The van der Waals surface area contributed by atoms with Gasteiger partial charge in [0, 0.05) is 17.8 Å². The van der Waals surface area contributed by atoms with Gasteiger partial charge in [0.05, 0.1) is 0 Å². The molecule has 0 saturated carbocycles. The highest BCUT2D eigenvalue weighted by Crippen LogP contribution is 2.07. The fourth-order valence-corrected chi connectivity index (χ4v) is 2.34. The highest BCUT2D eigenvalue weighted by molar-refractivity contribution is 7.21. The van der Waals surface area contributed by atoms with Crippen molar-refractivity contribution in [3.8, 4) is 0 Å². The summed E-state index contributed by atoms with van der Waals surface area (Å²) in [6.45, 7) is 0.555. The van der Waals surface area contributed by atoms with Crippen LogP contribution in [0.25, 0.3) is 0 Å². The molecule has 2 atom stereocenters. The Morgan fingerprint density at radius 3 is 2.89 bits per heavy atom. The predicted molar refractivity (Wildman–Crippen MR) is 74.1 cm³/mol. The lowest BCUT2D eigenvalue weighted by molar-refractivity contribution is -0.861. The van der Waals surface area contributed by atoms with E-state index in [1.54, 1.807) is 18.4 Å². The first kappa shape index (κ1) is 14.7. The standard InChI is InChI=1S/C12H14ClF2N2OP/c13-10-2-1-8(4-16-10)5-17(6-11(14)15)9-3-12(19)18-7-9/h1-4,10-11,16,19H,5-7H2/p+1. The Morgan fingerprint density at radius 1 is 1.58 bits per heavy atom. The van der Waals surface area contributed by atoms with Gasteiger partial charge in [0.2, 0.25) is 0 Å². The Kier molecular flexibility index (Phi) is 5.11. The van der Waals surface area contributed by atoms with Crippen LogP contribution in [0, 0.1) is 0 Å². The molecule has 0 aromatic heterocycles. The number of halogens is 3. The smallest absolute Gasteiger partial charge is 0.286 e. The van der Waals surface area contributed by atoms with Crippen LogP contribution in [0.15, 0.2) is 35.7 Å². The van der Waals surface area contributed by atoms with Gasteiger partial charge < -0.3 is 10.1 Å². The molecule has 2 N–H and O–H groups in total. The molecule has 2 aliphatic heterocycles. The summed E-state index contributed by atoms with van der Waals surface area (Å²) in [5.41, 5.74) is 2.08. The van der Waals surface area contributed by atoms with E-state index in [9.17, 15) is 8.78 Å². The zero-order valence-electron chi connectivity index (χ0n) is 10.1. The van der Waals surface area contributed by atoms with Crippen LogP contribution in [-0.4, -0.2) is 37.1 Å². The fourth-order valence-electron chi connectivity index (χ4n) is 1.96. The maximum Gasteiger partial charge on any atom is 0.286 e. The Labute approximate surface area is 117 Å². The number of alkyl halides is 3. The molecule has 7 heteroatoms. The number of hydrogen-bond donors (Lipinski definition) is 2. The van der Waals surface area contributed by atoms with Crippen molar-refractivity contribution in [2.75, 3.05) is 19.7 Å². The number of nitrogens with one attached hydrogen (secondary N) is 2. The Hall–Kier alpha value is -0.740. The molecule has 19 heavy (non-hydrogen) atoms. The molecule has 2 rings (SSSR count). The number of quaternary nitrogens is 1. The van der Waals surface area contributed by atoms with Crippen molar-refractivity contribution in [1.29, 1.82) is 0 Å². The van der Waals surface area contributed by atoms with Gasteiger partial charge in [-0.3, -0.25) is 4.90 Å². The second-order valence-corrected chi connectivity index (χ2v) is 5.31. The maximum absolute atomic E-state index is 12.7. The van der Waals surface area contributed by atoms with Gasteiger partial charge in [0.25, 0.3) is 6.43 Å². The predicted octanol–water partition coefficient (Wildman–Crippen LogP) is 0.931. The summed E-state index contributed by atoms with van der Waals surface area (Å²) >= 11 is 5.84. The zero-order chi connectivity index (χ0) is 13.8. The molecule has 0 fully saturated rings. The van der Waals surface area contributed by atoms with E-state index in [0.29, 0.717) is 23.5 Å². The van der Waals surface area contributed by atoms with E-state index in [1.165, 1.54) is 0 Å². The largest absolute Gasteiger partial charge is 0.372 e. The van der Waals surface area contributed by atoms with E-state index in [2.05, 4.69) is 14.2 Å². The molecular formula is C12H15ClF2N2OP+. The van der Waals surface area contributed by atoms with Crippen LogP contribution in [0.1, 0.15) is 0 Å². The first-order chi connectivity index (χ1) is 9.04. The molecule has 3 nitrogen and oxygen atoms in total. The Bertz CT molecular complexity index is 451. The van der Waals surface area contributed by atoms with Gasteiger partial charge in [-0.1, -0.05) is 26.5 Å². The van der Waals surface area contributed by atoms with Crippen molar-refractivity contribution in [3.63, 3.8) is 0 Å². The van der Waals surface area contributed by atoms with Crippen molar-refractivity contribution in [2.24, 2.45) is 0 Å². The second kappa shape index (κ2) is 6.62. The van der Waals surface area contributed by atoms with E-state index in [0.717, 1.165) is 11.3 Å². The molecule has 0 aromatic rings. The lowest BCUT2D eigenvalue weighted by Gasteiger charge is -2.21. The van der Waals surface area contributed by atoms with Crippen molar-refractivity contribution in [2.45, 2.75) is 11.9 Å². The minimum Gasteiger partial charge on any atom is -0.372 e. The molecule has 0 amide bonds. The van der Waals surface area contributed by atoms with Crippen LogP contribution in [0.4, 0.5) is 8.78 Å². The fraction of sp³-hybridized carbons (Fsp3) is 0.417. The lowest BCUT2D eigenvalue weighted by atomic mass is 10.2. The molecule has 0 aromatic carbocycles. The van der Waals surface area contributed by atoms with Crippen LogP contribution in [0.2, 0.25) is 0 Å². The summed E-state index contributed by atoms with van der Waals surface area (Å²) in [5, 5.41) is 2.94. The summed E-state index contributed by atoms with van der Waals surface area (Å²) in [6, 6.07) is 0. The Balaban J connectivity index is 2.04. The van der Waals surface area contributed by atoms with Gasteiger partial charge in [0.1, 0.15) is 36.4 Å². The average molecular weight is 308 g/mol. The highest BCUT2D eigenvalue weighted by Gasteiger charge is 2.25. The van der Waals surface area contributed by atoms with E-state index in [-0.39, 0.29) is 12.0 Å². The Morgan fingerprint density at radius 2 is 2.37 bits per heavy atom. The summed E-state index contributed by atoms with van der Waals surface area (Å²) in [6.07, 6.45) is 4.79. The van der Waals surface area contributed by atoms with Crippen LogP contribution in [-0.2, 0) is 4.74 Å². The SMILES string of the molecule is FC(F)C[NH+](CC1=CNC(Cl)C=C1)C1=CC(=P)OC1. The molecule has 0 bridgehead atoms. The first-order valence-corrected chi connectivity index (χ1v) is 6.81. The summed E-state index contributed by atoms with van der Waals surface area (Å²) in [4.78, 5) is 0.689. The molecule has 0 spiro atoms. The zero-order valence-corrected chi connectivity index (χ0v) is 11.9. The first-order valence-electron chi connectivity index (χ1n) is 5.87. The van der Waals surface area contributed by atoms with Crippen molar-refractivity contribution in [3.05, 3.63) is 35.7 Å². The average Bonchev–Trinajstić information content (AvgIpc) is 2.77. The van der Waals surface area contributed by atoms with Gasteiger partial charge in [-0.25, -0.2) is 8.78 Å². The molecule has 104 valence electrons. The number of hydrogen-bond acceptors (Lipinski definition) is 2. The molecule has 2 heterocycles. The minimum absolute atomic E-state index is 0.237. The molecule has 2 aliphatic rings. The molecule has 0 saturated heterocycles. The molecule has 0 radical (unpaired) electrons. The maximum atomic E-state index is 12.7. The van der Waals surface area contributed by atoms with Crippen molar-refractivity contribution < 1.29 is 18.4 Å². The van der Waals surface area contributed by atoms with Crippen molar-refractivity contribution >= 4 is 25.9 Å². The van der Waals surface area contributed by atoms with Gasteiger partial charge in [0.15, 0.2) is 0 Å². The molecule has 0 aliphatic carbocycles. The highest BCUT2D eigenvalue weighted by atomic mass is 35.5. The lowest BCUT2D eigenvalue weighted by Crippen LogP contribution is -3.11. The number of dihydropyridines is 1. The van der Waals surface area contributed by atoms with Crippen LogP contribution in [0.5, 0.6) is 0 Å². The van der Waals surface area contributed by atoms with Crippen LogP contribution in [0.3, 0.4) is 0 Å². The third-order valence-corrected chi connectivity index (χ3v) is 3.43. The van der Waals surface area contributed by atoms with Gasteiger partial charge in [-0.15, -0.1) is 0 Å². The van der Waals surface area contributed by atoms with Crippen LogP contribution < -0.4 is 10.2 Å². The minimum atomic E-state index is -2.36. The van der Waals surface area contributed by atoms with Gasteiger partial charge in [-0.05, 0) is 6.08 Å². The molecule has 2 unspecified atom stereocenters. The molecular weight excluding hydrogens is 293 g/mol. The van der Waals surface area contributed by atoms with E-state index in [1.807, 2.05) is 6.08 Å². The quantitative estimate of drug-likeness (QED) is 0.449. The summed E-state index contributed by atoms with van der Waals surface area (Å²) < 4.78 is 30.6.